The number of H-pyrrole nitrogens is 1. The minimum Gasteiger partial charge on any atom is -0.463 e. The minimum atomic E-state index is -0.268. The van der Waals surface area contributed by atoms with E-state index >= 15 is 0 Å². The number of aryl methyl sites for hydroxylation is 1. The number of benzene rings is 1. The number of aromatic amines is 1. The molecule has 12 heteroatoms. The van der Waals surface area contributed by atoms with Crippen molar-refractivity contribution in [3.05, 3.63) is 40.3 Å². The number of fused-ring (bicyclic) bond motifs is 1. The standard InChI is InChI=1S/C29H43N7O5/c1-3-5-17-40-28-32-26(30)25-27(33-28)36(29(38)31-25)14-8-13-35(12-7-11-34-15-18-39-19-16-34)21-22-9-6-10-23(20-22)41-24(37)4-2/h6,9-10,20H,3-5,7-8,11-19,21H2,1-2H3,(H,31,38)(H2,30,32,33). The smallest absolute Gasteiger partial charge is 0.327 e. The highest BCUT2D eigenvalue weighted by molar-refractivity contribution is 5.81. The van der Waals surface area contributed by atoms with Crippen LogP contribution >= 0.6 is 0 Å². The summed E-state index contributed by atoms with van der Waals surface area (Å²) in [6.07, 6.45) is 3.94. The third kappa shape index (κ3) is 9.00. The number of nitrogens with two attached hydrogens (primary N) is 1. The van der Waals surface area contributed by atoms with Crippen molar-refractivity contribution < 1.29 is 19.0 Å². The number of nitrogens with zero attached hydrogens (tertiary/aromatic N) is 5. The zero-order chi connectivity index (χ0) is 29.0. The van der Waals surface area contributed by atoms with Crippen molar-refractivity contribution in [1.29, 1.82) is 0 Å². The maximum absolute atomic E-state index is 12.8. The van der Waals surface area contributed by atoms with Gasteiger partial charge >= 0.3 is 17.7 Å². The molecule has 1 fully saturated rings. The summed E-state index contributed by atoms with van der Waals surface area (Å²) in [4.78, 5) is 40.9. The zero-order valence-electron chi connectivity index (χ0n) is 24.3. The largest absolute Gasteiger partial charge is 0.463 e. The minimum absolute atomic E-state index is 0.185. The van der Waals surface area contributed by atoms with Gasteiger partial charge in [-0.3, -0.25) is 19.2 Å². The number of hydrogen-bond acceptors (Lipinski definition) is 10. The first-order valence-electron chi connectivity index (χ1n) is 14.7. The van der Waals surface area contributed by atoms with Crippen molar-refractivity contribution in [2.75, 3.05) is 58.3 Å². The fraction of sp³-hybridized carbons (Fsp3) is 0.586. The molecule has 1 aliphatic rings. The molecule has 0 bridgehead atoms. The van der Waals surface area contributed by atoms with Crippen LogP contribution in [0.3, 0.4) is 0 Å². The van der Waals surface area contributed by atoms with Crippen LogP contribution in [0, 0.1) is 0 Å². The number of esters is 1. The van der Waals surface area contributed by atoms with E-state index in [4.69, 9.17) is 19.9 Å². The average Bonchev–Trinajstić information content (AvgIpc) is 3.29. The molecule has 0 saturated carbocycles. The molecular formula is C29H43N7O5. The Hall–Kier alpha value is -3.48. The van der Waals surface area contributed by atoms with Gasteiger partial charge in [-0.1, -0.05) is 32.4 Å². The molecule has 224 valence electrons. The molecule has 12 nitrogen and oxygen atoms in total. The number of aromatic nitrogens is 4. The van der Waals surface area contributed by atoms with Gasteiger partial charge in [0, 0.05) is 39.1 Å². The van der Waals surface area contributed by atoms with Crippen LogP contribution in [-0.4, -0.2) is 87.8 Å². The molecule has 1 aromatic carbocycles. The number of rotatable bonds is 16. The van der Waals surface area contributed by atoms with Crippen molar-refractivity contribution >= 4 is 23.0 Å². The number of imidazole rings is 1. The van der Waals surface area contributed by atoms with Crippen molar-refractivity contribution in [3.8, 4) is 11.8 Å². The summed E-state index contributed by atoms with van der Waals surface area (Å²) >= 11 is 0. The normalized spacial score (nSPS) is 14.1. The Kier molecular flexibility index (Phi) is 11.5. The quantitative estimate of drug-likeness (QED) is 0.150. The van der Waals surface area contributed by atoms with Crippen LogP contribution in [0.4, 0.5) is 5.82 Å². The number of nitrogen functional groups attached to an aromatic ring is 1. The molecule has 0 amide bonds. The molecule has 41 heavy (non-hydrogen) atoms. The van der Waals surface area contributed by atoms with E-state index in [9.17, 15) is 9.59 Å². The van der Waals surface area contributed by atoms with Crippen LogP contribution in [0.5, 0.6) is 11.8 Å². The van der Waals surface area contributed by atoms with Gasteiger partial charge in [-0.15, -0.1) is 0 Å². The Morgan fingerprint density at radius 3 is 2.66 bits per heavy atom. The lowest BCUT2D eigenvalue weighted by molar-refractivity contribution is -0.134. The summed E-state index contributed by atoms with van der Waals surface area (Å²) < 4.78 is 18.2. The third-order valence-electron chi connectivity index (χ3n) is 7.09. The van der Waals surface area contributed by atoms with Crippen LogP contribution in [0.1, 0.15) is 51.5 Å². The number of anilines is 1. The summed E-state index contributed by atoms with van der Waals surface area (Å²) in [6, 6.07) is 7.87. The van der Waals surface area contributed by atoms with Crippen molar-refractivity contribution in [1.82, 2.24) is 29.3 Å². The molecule has 3 heterocycles. The number of nitrogens with one attached hydrogen (secondary N) is 1. The lowest BCUT2D eigenvalue weighted by Crippen LogP contribution is -2.38. The molecule has 2 aromatic heterocycles. The number of hydrogen-bond donors (Lipinski definition) is 2. The van der Waals surface area contributed by atoms with Gasteiger partial charge < -0.3 is 24.9 Å². The molecule has 0 radical (unpaired) electrons. The van der Waals surface area contributed by atoms with Crippen LogP contribution < -0.4 is 20.9 Å². The van der Waals surface area contributed by atoms with Crippen molar-refractivity contribution in [3.63, 3.8) is 0 Å². The molecule has 3 N–H and O–H groups in total. The number of morpholine rings is 1. The van der Waals surface area contributed by atoms with E-state index in [1.54, 1.807) is 17.6 Å². The second kappa shape index (κ2) is 15.5. The first kappa shape index (κ1) is 30.5. The number of ether oxygens (including phenoxy) is 3. The van der Waals surface area contributed by atoms with Gasteiger partial charge in [0.25, 0.3) is 0 Å². The molecule has 3 aromatic rings. The summed E-state index contributed by atoms with van der Waals surface area (Å²) in [6.45, 7) is 11.7. The Labute approximate surface area is 240 Å². The Balaban J connectivity index is 1.43. The maximum atomic E-state index is 12.8. The Morgan fingerprint density at radius 1 is 1.12 bits per heavy atom. The SMILES string of the molecule is CCCCOc1nc(N)c2[nH]c(=O)n(CCCN(CCCN3CCOCC3)Cc3cccc(OC(=O)CC)c3)c2n1. The van der Waals surface area contributed by atoms with Crippen molar-refractivity contribution in [2.45, 2.75) is 59.0 Å². The molecule has 1 aliphatic heterocycles. The van der Waals surface area contributed by atoms with Gasteiger partial charge in [-0.05, 0) is 50.0 Å². The monoisotopic (exact) mass is 569 g/mol. The summed E-state index contributed by atoms with van der Waals surface area (Å²) in [5, 5.41) is 0. The topological polar surface area (TPSA) is 141 Å². The van der Waals surface area contributed by atoms with E-state index in [1.807, 2.05) is 18.2 Å². The highest BCUT2D eigenvalue weighted by atomic mass is 16.5. The van der Waals surface area contributed by atoms with Gasteiger partial charge in [-0.2, -0.15) is 9.97 Å². The molecular weight excluding hydrogens is 526 g/mol. The first-order valence-corrected chi connectivity index (χ1v) is 14.7. The lowest BCUT2D eigenvalue weighted by atomic mass is 10.2. The second-order valence-corrected chi connectivity index (χ2v) is 10.3. The predicted octanol–water partition coefficient (Wildman–Crippen LogP) is 2.81. The summed E-state index contributed by atoms with van der Waals surface area (Å²) in [5.74, 6) is 0.505. The lowest BCUT2D eigenvalue weighted by Gasteiger charge is -2.28. The van der Waals surface area contributed by atoms with Gasteiger partial charge in [0.15, 0.2) is 11.5 Å². The second-order valence-electron chi connectivity index (χ2n) is 10.3. The van der Waals surface area contributed by atoms with E-state index in [1.165, 1.54) is 0 Å². The highest BCUT2D eigenvalue weighted by Gasteiger charge is 2.16. The molecule has 1 saturated heterocycles. The first-order chi connectivity index (χ1) is 20.0. The number of carbonyl (C=O) groups is 1. The molecule has 4 rings (SSSR count). The molecule has 0 spiro atoms. The predicted molar refractivity (Wildman–Crippen MR) is 157 cm³/mol. The third-order valence-corrected chi connectivity index (χ3v) is 7.09. The van der Waals surface area contributed by atoms with Crippen LogP contribution in [-0.2, 0) is 22.6 Å². The summed E-state index contributed by atoms with van der Waals surface area (Å²) in [5.41, 5.74) is 7.79. The van der Waals surface area contributed by atoms with Gasteiger partial charge in [-0.25, -0.2) is 4.79 Å². The Morgan fingerprint density at radius 2 is 1.90 bits per heavy atom. The number of carbonyl (C=O) groups excluding carboxylic acids is 1. The fourth-order valence-corrected chi connectivity index (χ4v) is 4.84. The van der Waals surface area contributed by atoms with E-state index < -0.39 is 0 Å². The van der Waals surface area contributed by atoms with Crippen LogP contribution in [0.2, 0.25) is 0 Å². The average molecular weight is 570 g/mol. The fourth-order valence-electron chi connectivity index (χ4n) is 4.84. The molecule has 0 aliphatic carbocycles. The van der Waals surface area contributed by atoms with Crippen LogP contribution in [0.15, 0.2) is 29.1 Å². The van der Waals surface area contributed by atoms with Crippen molar-refractivity contribution in [2.24, 2.45) is 0 Å². The zero-order valence-corrected chi connectivity index (χ0v) is 24.3. The maximum Gasteiger partial charge on any atom is 0.327 e. The number of unbranched alkanes of at least 4 members (excludes halogenated alkanes) is 1. The summed E-state index contributed by atoms with van der Waals surface area (Å²) in [7, 11) is 0. The van der Waals surface area contributed by atoms with E-state index in [-0.39, 0.29) is 23.5 Å². The van der Waals surface area contributed by atoms with E-state index in [0.717, 1.165) is 77.2 Å². The molecule has 0 unspecified atom stereocenters. The van der Waals surface area contributed by atoms with Gasteiger partial charge in [0.2, 0.25) is 0 Å². The highest BCUT2D eigenvalue weighted by Crippen LogP contribution is 2.19. The van der Waals surface area contributed by atoms with Gasteiger partial charge in [0.05, 0.1) is 19.8 Å². The van der Waals surface area contributed by atoms with Crippen LogP contribution in [0.25, 0.3) is 11.2 Å². The van der Waals surface area contributed by atoms with E-state index in [2.05, 4.69) is 31.7 Å². The Bertz CT molecular complexity index is 1320. The van der Waals surface area contributed by atoms with E-state index in [0.29, 0.717) is 43.0 Å². The van der Waals surface area contributed by atoms with Gasteiger partial charge in [0.1, 0.15) is 11.3 Å². The molecule has 0 atom stereocenters.